The van der Waals surface area contributed by atoms with Crippen molar-refractivity contribution in [1.29, 1.82) is 0 Å². The highest BCUT2D eigenvalue weighted by Crippen LogP contribution is 2.16. The number of nitrogens with one attached hydrogen (secondary N) is 2. The molecule has 0 saturated heterocycles. The van der Waals surface area contributed by atoms with Crippen molar-refractivity contribution in [3.8, 4) is 0 Å². The van der Waals surface area contributed by atoms with Gasteiger partial charge in [0.25, 0.3) is 0 Å². The average Bonchev–Trinajstić information content (AvgIpc) is 2.31. The first-order valence-electron chi connectivity index (χ1n) is 6.26. The van der Waals surface area contributed by atoms with Crippen LogP contribution < -0.4 is 10.6 Å². The molecule has 2 amide bonds. The van der Waals surface area contributed by atoms with Gasteiger partial charge in [-0.15, -0.1) is 0 Å². The maximum absolute atomic E-state index is 13.4. The van der Waals surface area contributed by atoms with Crippen LogP contribution in [0.3, 0.4) is 0 Å². The highest BCUT2D eigenvalue weighted by atomic mass is 19.1. The summed E-state index contributed by atoms with van der Waals surface area (Å²) in [5.41, 5.74) is -0.0183. The number of carbonyl (C=O) groups excluding carboxylic acids is 1. The molecule has 0 aliphatic carbocycles. The molecule has 0 saturated carbocycles. The Morgan fingerprint density at radius 2 is 2.11 bits per heavy atom. The van der Waals surface area contributed by atoms with Gasteiger partial charge in [0.2, 0.25) is 0 Å². The van der Waals surface area contributed by atoms with Gasteiger partial charge in [-0.2, -0.15) is 0 Å². The van der Waals surface area contributed by atoms with Crippen molar-refractivity contribution in [2.45, 2.75) is 33.3 Å². The number of hydrogen-bond donors (Lipinski definition) is 3. The van der Waals surface area contributed by atoms with Crippen LogP contribution >= 0.6 is 0 Å². The van der Waals surface area contributed by atoms with E-state index >= 15 is 0 Å². The Bertz CT molecular complexity index is 459. The number of halogens is 1. The molecule has 1 aromatic rings. The number of aryl methyl sites for hydroxylation is 1. The number of aliphatic hydroxyl groups is 1. The number of rotatable bonds is 4. The lowest BCUT2D eigenvalue weighted by molar-refractivity contribution is 0.0170. The van der Waals surface area contributed by atoms with E-state index in [4.69, 9.17) is 0 Å². The van der Waals surface area contributed by atoms with Gasteiger partial charge in [-0.05, 0) is 37.5 Å². The minimum absolute atomic E-state index is 0.00325. The summed E-state index contributed by atoms with van der Waals surface area (Å²) in [5, 5.41) is 14.9. The highest BCUT2D eigenvalue weighted by molar-refractivity contribution is 5.89. The summed E-state index contributed by atoms with van der Waals surface area (Å²) in [6.45, 7) is 7.28. The zero-order valence-corrected chi connectivity index (χ0v) is 11.7. The zero-order valence-electron chi connectivity index (χ0n) is 11.7. The molecular formula is C14H21FN2O2. The predicted octanol–water partition coefficient (Wildman–Crippen LogP) is 2.66. The SMILES string of the molecule is Cc1ccc(F)c(NC(=O)NCC(C)(O)C(C)C)c1. The molecule has 106 valence electrons. The van der Waals surface area contributed by atoms with E-state index in [9.17, 15) is 14.3 Å². The standard InChI is InChI=1S/C14H21FN2O2/c1-9(2)14(4,19)8-16-13(18)17-12-7-10(3)5-6-11(12)15/h5-7,9,19H,8H2,1-4H3,(H2,16,17,18). The monoisotopic (exact) mass is 268 g/mol. The van der Waals surface area contributed by atoms with E-state index in [0.717, 1.165) is 5.56 Å². The van der Waals surface area contributed by atoms with Crippen molar-refractivity contribution in [3.63, 3.8) is 0 Å². The first kappa shape index (κ1) is 15.4. The molecule has 0 aliphatic heterocycles. The van der Waals surface area contributed by atoms with E-state index in [0.29, 0.717) is 0 Å². The fourth-order valence-electron chi connectivity index (χ4n) is 1.36. The third kappa shape index (κ3) is 4.52. The first-order valence-corrected chi connectivity index (χ1v) is 6.26. The van der Waals surface area contributed by atoms with Crippen LogP contribution in [0.15, 0.2) is 18.2 Å². The Labute approximate surface area is 113 Å². The van der Waals surface area contributed by atoms with Crippen molar-refractivity contribution in [2.24, 2.45) is 5.92 Å². The summed E-state index contributed by atoms with van der Waals surface area (Å²) in [5.74, 6) is -0.486. The molecular weight excluding hydrogens is 247 g/mol. The topological polar surface area (TPSA) is 61.4 Å². The molecule has 0 heterocycles. The Kier molecular flexibility index (Phi) is 4.89. The maximum atomic E-state index is 13.4. The van der Waals surface area contributed by atoms with Gasteiger partial charge in [-0.3, -0.25) is 0 Å². The normalized spacial score (nSPS) is 14.1. The van der Waals surface area contributed by atoms with Gasteiger partial charge in [-0.25, -0.2) is 9.18 Å². The fraction of sp³-hybridized carbons (Fsp3) is 0.500. The second kappa shape index (κ2) is 6.02. The van der Waals surface area contributed by atoms with Gasteiger partial charge in [0.1, 0.15) is 5.82 Å². The lowest BCUT2D eigenvalue weighted by Gasteiger charge is -2.27. The molecule has 0 aromatic heterocycles. The largest absolute Gasteiger partial charge is 0.388 e. The lowest BCUT2D eigenvalue weighted by Crippen LogP contribution is -2.45. The van der Waals surface area contributed by atoms with Crippen LogP contribution in [0.4, 0.5) is 14.9 Å². The molecule has 1 aromatic carbocycles. The van der Waals surface area contributed by atoms with Gasteiger partial charge in [-0.1, -0.05) is 19.9 Å². The highest BCUT2D eigenvalue weighted by Gasteiger charge is 2.25. The van der Waals surface area contributed by atoms with E-state index in [1.807, 2.05) is 20.8 Å². The second-order valence-corrected chi connectivity index (χ2v) is 5.30. The third-order valence-electron chi connectivity index (χ3n) is 3.22. The van der Waals surface area contributed by atoms with Crippen LogP contribution in [0.2, 0.25) is 0 Å². The third-order valence-corrected chi connectivity index (χ3v) is 3.22. The molecule has 1 rings (SSSR count). The van der Waals surface area contributed by atoms with Gasteiger partial charge >= 0.3 is 6.03 Å². The summed E-state index contributed by atoms with van der Waals surface area (Å²) in [4.78, 5) is 11.6. The van der Waals surface area contributed by atoms with Crippen LogP contribution in [0.1, 0.15) is 26.3 Å². The van der Waals surface area contributed by atoms with Gasteiger partial charge in [0.05, 0.1) is 11.3 Å². The summed E-state index contributed by atoms with van der Waals surface area (Å²) in [6, 6.07) is 3.94. The van der Waals surface area contributed by atoms with Crippen molar-refractivity contribution in [2.75, 3.05) is 11.9 Å². The van der Waals surface area contributed by atoms with E-state index < -0.39 is 17.4 Å². The molecule has 0 radical (unpaired) electrons. The molecule has 19 heavy (non-hydrogen) atoms. The van der Waals surface area contributed by atoms with Crippen molar-refractivity contribution >= 4 is 11.7 Å². The van der Waals surface area contributed by atoms with Crippen molar-refractivity contribution < 1.29 is 14.3 Å². The van der Waals surface area contributed by atoms with Crippen LogP contribution in [0.25, 0.3) is 0 Å². The van der Waals surface area contributed by atoms with Crippen LogP contribution in [-0.4, -0.2) is 23.3 Å². The minimum Gasteiger partial charge on any atom is -0.388 e. The summed E-state index contributed by atoms with van der Waals surface area (Å²) in [7, 11) is 0. The number of benzene rings is 1. The van der Waals surface area contributed by atoms with E-state index in [-0.39, 0.29) is 18.2 Å². The van der Waals surface area contributed by atoms with Crippen LogP contribution in [0, 0.1) is 18.7 Å². The second-order valence-electron chi connectivity index (χ2n) is 5.30. The number of hydrogen-bond acceptors (Lipinski definition) is 2. The molecule has 1 unspecified atom stereocenters. The first-order chi connectivity index (χ1) is 8.72. The van der Waals surface area contributed by atoms with Crippen LogP contribution in [-0.2, 0) is 0 Å². The summed E-state index contributed by atoms with van der Waals surface area (Å²) >= 11 is 0. The molecule has 1 atom stereocenters. The molecule has 0 aliphatic rings. The molecule has 0 bridgehead atoms. The molecule has 0 spiro atoms. The number of anilines is 1. The fourth-order valence-corrected chi connectivity index (χ4v) is 1.36. The Morgan fingerprint density at radius 1 is 1.47 bits per heavy atom. The quantitative estimate of drug-likeness (QED) is 0.786. The Balaban J connectivity index is 2.59. The molecule has 4 nitrogen and oxygen atoms in total. The van der Waals surface area contributed by atoms with Gasteiger partial charge in [0.15, 0.2) is 0 Å². The van der Waals surface area contributed by atoms with Gasteiger partial charge < -0.3 is 15.7 Å². The van der Waals surface area contributed by atoms with E-state index in [2.05, 4.69) is 10.6 Å². The molecule has 3 N–H and O–H groups in total. The van der Waals surface area contributed by atoms with Crippen molar-refractivity contribution in [3.05, 3.63) is 29.6 Å². The van der Waals surface area contributed by atoms with E-state index in [1.165, 1.54) is 6.07 Å². The number of urea groups is 1. The van der Waals surface area contributed by atoms with E-state index in [1.54, 1.807) is 19.1 Å². The average molecular weight is 268 g/mol. The zero-order chi connectivity index (χ0) is 14.6. The molecule has 5 heteroatoms. The minimum atomic E-state index is -0.998. The Morgan fingerprint density at radius 3 is 2.68 bits per heavy atom. The summed E-state index contributed by atoms with van der Waals surface area (Å²) < 4.78 is 13.4. The summed E-state index contributed by atoms with van der Waals surface area (Å²) in [6.07, 6.45) is 0. The number of carbonyl (C=O) groups is 1. The molecule has 0 fully saturated rings. The van der Waals surface area contributed by atoms with Gasteiger partial charge in [0, 0.05) is 6.54 Å². The Hall–Kier alpha value is -1.62. The maximum Gasteiger partial charge on any atom is 0.319 e. The van der Waals surface area contributed by atoms with Crippen LogP contribution in [0.5, 0.6) is 0 Å². The van der Waals surface area contributed by atoms with Crippen molar-refractivity contribution in [1.82, 2.24) is 5.32 Å². The lowest BCUT2D eigenvalue weighted by atomic mass is 9.93. The number of amides is 2. The predicted molar refractivity (Wildman–Crippen MR) is 73.6 cm³/mol. The smallest absolute Gasteiger partial charge is 0.319 e.